The van der Waals surface area contributed by atoms with Crippen molar-refractivity contribution in [3.63, 3.8) is 0 Å². The molecule has 1 N–H and O–H groups in total. The van der Waals surface area contributed by atoms with Crippen molar-refractivity contribution < 1.29 is 14.0 Å². The molecular weight excluding hydrogens is 427 g/mol. The Morgan fingerprint density at radius 1 is 0.941 bits per heavy atom. The second kappa shape index (κ2) is 11.1. The number of carbonyl (C=O) groups excluding carboxylic acids is 2. The van der Waals surface area contributed by atoms with E-state index in [0.717, 1.165) is 48.1 Å². The first-order chi connectivity index (χ1) is 16.5. The quantitative estimate of drug-likeness (QED) is 0.452. The van der Waals surface area contributed by atoms with Crippen LogP contribution in [0, 0.1) is 11.7 Å². The Balaban J connectivity index is 1.50. The average Bonchev–Trinajstić information content (AvgIpc) is 3.39. The predicted octanol–water partition coefficient (Wildman–Crippen LogP) is 5.97. The molecule has 4 nitrogen and oxygen atoms in total. The van der Waals surface area contributed by atoms with Crippen molar-refractivity contribution in [1.82, 2.24) is 5.32 Å². The van der Waals surface area contributed by atoms with Crippen LogP contribution >= 0.6 is 0 Å². The smallest absolute Gasteiger partial charge is 0.230 e. The Kier molecular flexibility index (Phi) is 7.73. The van der Waals surface area contributed by atoms with E-state index in [1.807, 2.05) is 61.5 Å². The van der Waals surface area contributed by atoms with E-state index in [1.54, 1.807) is 17.0 Å². The van der Waals surface area contributed by atoms with Gasteiger partial charge in [-0.25, -0.2) is 4.39 Å². The highest BCUT2D eigenvalue weighted by Crippen LogP contribution is 2.30. The van der Waals surface area contributed by atoms with Gasteiger partial charge < -0.3 is 10.2 Å². The second-order valence-electron chi connectivity index (χ2n) is 9.08. The van der Waals surface area contributed by atoms with E-state index >= 15 is 0 Å². The minimum Gasteiger partial charge on any atom is -0.349 e. The number of hydrogen-bond donors (Lipinski definition) is 1. The molecule has 0 radical (unpaired) electrons. The Morgan fingerprint density at radius 2 is 1.65 bits per heavy atom. The summed E-state index contributed by atoms with van der Waals surface area (Å²) in [6.45, 7) is 2.34. The first-order valence-electron chi connectivity index (χ1n) is 12.0. The molecule has 1 saturated carbocycles. The number of carbonyl (C=O) groups is 2. The molecule has 0 aromatic heterocycles. The van der Waals surface area contributed by atoms with Crippen LogP contribution in [0.5, 0.6) is 0 Å². The summed E-state index contributed by atoms with van der Waals surface area (Å²) in [6, 6.07) is 23.7. The van der Waals surface area contributed by atoms with E-state index in [1.165, 1.54) is 12.1 Å². The minimum absolute atomic E-state index is 0.0131. The molecule has 4 rings (SSSR count). The topological polar surface area (TPSA) is 49.4 Å². The van der Waals surface area contributed by atoms with Crippen LogP contribution in [0.25, 0.3) is 0 Å². The monoisotopic (exact) mass is 458 g/mol. The molecule has 1 fully saturated rings. The molecule has 0 heterocycles. The van der Waals surface area contributed by atoms with Gasteiger partial charge >= 0.3 is 0 Å². The second-order valence-corrected chi connectivity index (χ2v) is 9.08. The zero-order chi connectivity index (χ0) is 23.9. The highest BCUT2D eigenvalue weighted by atomic mass is 19.1. The SMILES string of the molecule is C[C@H](NC(=O)Cc1cccc(N(Cc2ccc(F)cc2)C(=O)C2CCCC2)c1)c1ccccc1. The molecule has 1 aliphatic rings. The first-order valence-corrected chi connectivity index (χ1v) is 12.0. The van der Waals surface area contributed by atoms with Crippen molar-refractivity contribution in [2.75, 3.05) is 4.90 Å². The van der Waals surface area contributed by atoms with Crippen molar-refractivity contribution in [1.29, 1.82) is 0 Å². The number of nitrogens with zero attached hydrogens (tertiary/aromatic N) is 1. The molecule has 0 saturated heterocycles. The third kappa shape index (κ3) is 6.10. The van der Waals surface area contributed by atoms with Gasteiger partial charge in [-0.1, -0.05) is 67.4 Å². The Hall–Kier alpha value is -3.47. The molecular formula is C29H31FN2O2. The van der Waals surface area contributed by atoms with E-state index in [4.69, 9.17) is 0 Å². The van der Waals surface area contributed by atoms with Gasteiger partial charge in [-0.2, -0.15) is 0 Å². The molecule has 1 atom stereocenters. The number of rotatable bonds is 8. The normalized spacial score (nSPS) is 14.5. The summed E-state index contributed by atoms with van der Waals surface area (Å²) in [5.41, 5.74) is 3.53. The van der Waals surface area contributed by atoms with Gasteiger partial charge in [0.15, 0.2) is 0 Å². The maximum absolute atomic E-state index is 13.4. The lowest BCUT2D eigenvalue weighted by atomic mass is 10.0. The Labute approximate surface area is 200 Å². The summed E-state index contributed by atoms with van der Waals surface area (Å²) in [7, 11) is 0. The van der Waals surface area contributed by atoms with Gasteiger partial charge in [0, 0.05) is 11.6 Å². The summed E-state index contributed by atoms with van der Waals surface area (Å²) in [6.07, 6.45) is 4.17. The van der Waals surface area contributed by atoms with E-state index in [9.17, 15) is 14.0 Å². The molecule has 2 amide bonds. The van der Waals surface area contributed by atoms with E-state index < -0.39 is 0 Å². The summed E-state index contributed by atoms with van der Waals surface area (Å²) < 4.78 is 13.4. The highest BCUT2D eigenvalue weighted by molar-refractivity contribution is 5.95. The van der Waals surface area contributed by atoms with Crippen LogP contribution in [0.2, 0.25) is 0 Å². The zero-order valence-corrected chi connectivity index (χ0v) is 19.5. The fraction of sp³-hybridized carbons (Fsp3) is 0.310. The van der Waals surface area contributed by atoms with Crippen LogP contribution in [-0.4, -0.2) is 11.8 Å². The van der Waals surface area contributed by atoms with Crippen LogP contribution in [-0.2, 0) is 22.6 Å². The minimum atomic E-state index is -0.296. The van der Waals surface area contributed by atoms with E-state index in [-0.39, 0.29) is 36.0 Å². The molecule has 0 unspecified atom stereocenters. The van der Waals surface area contributed by atoms with E-state index in [2.05, 4.69) is 5.32 Å². The maximum Gasteiger partial charge on any atom is 0.230 e. The average molecular weight is 459 g/mol. The van der Waals surface area contributed by atoms with Crippen molar-refractivity contribution in [3.8, 4) is 0 Å². The van der Waals surface area contributed by atoms with Gasteiger partial charge in [0.25, 0.3) is 0 Å². The third-order valence-electron chi connectivity index (χ3n) is 6.49. The number of halogens is 1. The third-order valence-corrected chi connectivity index (χ3v) is 6.49. The van der Waals surface area contributed by atoms with Crippen molar-refractivity contribution in [3.05, 3.63) is 101 Å². The molecule has 3 aromatic rings. The predicted molar refractivity (Wildman–Crippen MR) is 133 cm³/mol. The molecule has 1 aliphatic carbocycles. The number of anilines is 1. The van der Waals surface area contributed by atoms with Crippen LogP contribution in [0.3, 0.4) is 0 Å². The molecule has 0 bridgehead atoms. The first kappa shape index (κ1) is 23.7. The molecule has 176 valence electrons. The van der Waals surface area contributed by atoms with Crippen LogP contribution in [0.1, 0.15) is 55.3 Å². The zero-order valence-electron chi connectivity index (χ0n) is 19.5. The molecule has 0 aliphatic heterocycles. The lowest BCUT2D eigenvalue weighted by Gasteiger charge is -2.26. The van der Waals surface area contributed by atoms with Gasteiger partial charge in [0.05, 0.1) is 19.0 Å². The fourth-order valence-corrected chi connectivity index (χ4v) is 4.60. The number of nitrogens with one attached hydrogen (secondary N) is 1. The molecule has 34 heavy (non-hydrogen) atoms. The summed E-state index contributed by atoms with van der Waals surface area (Å²) in [5, 5.41) is 3.05. The van der Waals surface area contributed by atoms with Crippen molar-refractivity contribution in [2.45, 2.75) is 51.6 Å². The lowest BCUT2D eigenvalue weighted by Crippen LogP contribution is -2.35. The maximum atomic E-state index is 13.4. The highest BCUT2D eigenvalue weighted by Gasteiger charge is 2.28. The molecule has 5 heteroatoms. The molecule has 0 spiro atoms. The van der Waals surface area contributed by atoms with Gasteiger partial charge in [-0.15, -0.1) is 0 Å². The Morgan fingerprint density at radius 3 is 2.35 bits per heavy atom. The van der Waals surface area contributed by atoms with Gasteiger partial charge in [-0.3, -0.25) is 9.59 Å². The van der Waals surface area contributed by atoms with Gasteiger partial charge in [0.2, 0.25) is 11.8 Å². The number of amides is 2. The number of hydrogen-bond acceptors (Lipinski definition) is 2. The number of benzene rings is 3. The molecule has 3 aromatic carbocycles. The van der Waals surface area contributed by atoms with Crippen LogP contribution in [0.15, 0.2) is 78.9 Å². The Bertz CT molecular complexity index is 1110. The summed E-state index contributed by atoms with van der Waals surface area (Å²) in [5.74, 6) is -0.254. The van der Waals surface area contributed by atoms with Crippen LogP contribution < -0.4 is 10.2 Å². The van der Waals surface area contributed by atoms with Gasteiger partial charge in [0.1, 0.15) is 5.82 Å². The fourth-order valence-electron chi connectivity index (χ4n) is 4.60. The van der Waals surface area contributed by atoms with E-state index in [0.29, 0.717) is 6.54 Å². The summed E-state index contributed by atoms with van der Waals surface area (Å²) >= 11 is 0. The standard InChI is InChI=1S/C29H31FN2O2/c1-21(24-9-3-2-4-10-24)31-28(33)19-23-8-7-13-27(18-23)32(29(34)25-11-5-6-12-25)20-22-14-16-26(30)17-15-22/h2-4,7-10,13-18,21,25H,5-6,11-12,19-20H2,1H3,(H,31,33)/t21-/m0/s1. The lowest BCUT2D eigenvalue weighted by molar-refractivity contribution is -0.122. The summed E-state index contributed by atoms with van der Waals surface area (Å²) in [4.78, 5) is 27.9. The van der Waals surface area contributed by atoms with Gasteiger partial charge in [-0.05, 0) is 60.7 Å². The van der Waals surface area contributed by atoms with Crippen molar-refractivity contribution in [2.24, 2.45) is 5.92 Å². The largest absolute Gasteiger partial charge is 0.349 e. The van der Waals surface area contributed by atoms with Crippen LogP contribution in [0.4, 0.5) is 10.1 Å². The van der Waals surface area contributed by atoms with Crippen molar-refractivity contribution >= 4 is 17.5 Å².